The fraction of sp³-hybridized carbons (Fsp3) is 0.650. The van der Waals surface area contributed by atoms with Crippen LogP contribution in [-0.2, 0) is 0 Å². The van der Waals surface area contributed by atoms with E-state index in [-0.39, 0.29) is 11.9 Å². The zero-order valence-electron chi connectivity index (χ0n) is 16.8. The molecular formula is C20H32N2O4. The second kappa shape index (κ2) is 9.12. The molecule has 0 bridgehead atoms. The quantitative estimate of drug-likeness (QED) is 0.806. The maximum absolute atomic E-state index is 12.7. The summed E-state index contributed by atoms with van der Waals surface area (Å²) < 4.78 is 16.0. The Labute approximate surface area is 156 Å². The van der Waals surface area contributed by atoms with Gasteiger partial charge in [-0.2, -0.15) is 0 Å². The lowest BCUT2D eigenvalue weighted by Crippen LogP contribution is -2.47. The van der Waals surface area contributed by atoms with E-state index in [1.54, 1.807) is 33.5 Å². The van der Waals surface area contributed by atoms with E-state index in [4.69, 9.17) is 14.2 Å². The molecule has 0 aliphatic carbocycles. The molecule has 1 heterocycles. The van der Waals surface area contributed by atoms with E-state index >= 15 is 0 Å². The lowest BCUT2D eigenvalue weighted by molar-refractivity contribution is 0.0904. The molecule has 0 aromatic heterocycles. The molecule has 1 aromatic rings. The number of hydrogen-bond acceptors (Lipinski definition) is 5. The Morgan fingerprint density at radius 3 is 2.12 bits per heavy atom. The lowest BCUT2D eigenvalue weighted by atomic mass is 9.92. The normalized spacial score (nSPS) is 21.8. The van der Waals surface area contributed by atoms with Crippen molar-refractivity contribution in [1.82, 2.24) is 10.2 Å². The van der Waals surface area contributed by atoms with Crippen LogP contribution in [0, 0.1) is 11.8 Å². The Morgan fingerprint density at radius 1 is 1.12 bits per heavy atom. The topological polar surface area (TPSA) is 60.0 Å². The van der Waals surface area contributed by atoms with Gasteiger partial charge in [0.2, 0.25) is 5.75 Å². The summed E-state index contributed by atoms with van der Waals surface area (Å²) >= 11 is 0. The molecule has 3 unspecified atom stereocenters. The molecule has 0 saturated carbocycles. The predicted molar refractivity (Wildman–Crippen MR) is 102 cm³/mol. The van der Waals surface area contributed by atoms with Crippen LogP contribution in [0.15, 0.2) is 12.1 Å². The summed E-state index contributed by atoms with van der Waals surface area (Å²) in [6, 6.07) is 3.40. The van der Waals surface area contributed by atoms with Gasteiger partial charge in [0.1, 0.15) is 0 Å². The van der Waals surface area contributed by atoms with Crippen molar-refractivity contribution < 1.29 is 19.0 Å². The van der Waals surface area contributed by atoms with Crippen molar-refractivity contribution in [3.63, 3.8) is 0 Å². The Hall–Kier alpha value is -1.95. The Morgan fingerprint density at radius 2 is 1.65 bits per heavy atom. The van der Waals surface area contributed by atoms with Gasteiger partial charge in [-0.3, -0.25) is 4.79 Å². The second-order valence-corrected chi connectivity index (χ2v) is 7.45. The first-order chi connectivity index (χ1) is 12.4. The van der Waals surface area contributed by atoms with E-state index < -0.39 is 0 Å². The third-order valence-corrected chi connectivity index (χ3v) is 4.78. The molecule has 1 aliphatic heterocycles. The molecule has 3 atom stereocenters. The highest BCUT2D eigenvalue weighted by Gasteiger charge is 2.24. The molecule has 1 fully saturated rings. The number of piperidine rings is 1. The van der Waals surface area contributed by atoms with Crippen molar-refractivity contribution in [2.24, 2.45) is 11.8 Å². The van der Waals surface area contributed by atoms with Crippen molar-refractivity contribution in [2.45, 2.75) is 33.2 Å². The van der Waals surface area contributed by atoms with Crippen molar-refractivity contribution in [2.75, 3.05) is 41.0 Å². The van der Waals surface area contributed by atoms with Crippen molar-refractivity contribution in [1.29, 1.82) is 0 Å². The lowest BCUT2D eigenvalue weighted by Gasteiger charge is -2.36. The monoisotopic (exact) mass is 364 g/mol. The largest absolute Gasteiger partial charge is 0.493 e. The minimum atomic E-state index is -0.144. The summed E-state index contributed by atoms with van der Waals surface area (Å²) in [5.74, 6) is 2.70. The summed E-state index contributed by atoms with van der Waals surface area (Å²) in [5, 5.41) is 3.08. The van der Waals surface area contributed by atoms with Crippen LogP contribution in [0.4, 0.5) is 0 Å². The number of hydrogen-bond donors (Lipinski definition) is 1. The van der Waals surface area contributed by atoms with Crippen LogP contribution < -0.4 is 19.5 Å². The predicted octanol–water partition coefficient (Wildman–Crippen LogP) is 2.81. The molecule has 0 spiro atoms. The molecule has 146 valence electrons. The molecule has 26 heavy (non-hydrogen) atoms. The zero-order chi connectivity index (χ0) is 19.3. The number of amides is 1. The number of likely N-dealkylation sites (tertiary alicyclic amines) is 1. The van der Waals surface area contributed by atoms with Crippen LogP contribution in [-0.4, -0.2) is 57.8 Å². The standard InChI is InChI=1S/C20H32N2O4/c1-13-7-14(2)11-22(10-13)12-15(3)21-20(23)16-8-17(24-4)19(26-6)18(9-16)25-5/h8-9,13-15H,7,10-12H2,1-6H3,(H,21,23). The Bertz CT molecular complexity index is 585. The SMILES string of the molecule is COc1cc(C(=O)NC(C)CN2CC(C)CC(C)C2)cc(OC)c1OC. The summed E-state index contributed by atoms with van der Waals surface area (Å²) in [6.07, 6.45) is 1.28. The van der Waals surface area contributed by atoms with Gasteiger partial charge < -0.3 is 24.4 Å². The minimum Gasteiger partial charge on any atom is -0.493 e. The molecule has 1 aliphatic rings. The first-order valence-electron chi connectivity index (χ1n) is 9.21. The van der Waals surface area contributed by atoms with Gasteiger partial charge in [-0.25, -0.2) is 0 Å². The van der Waals surface area contributed by atoms with E-state index in [0.29, 0.717) is 34.6 Å². The fourth-order valence-electron chi connectivity index (χ4n) is 3.89. The average molecular weight is 364 g/mol. The number of carbonyl (C=O) groups is 1. The fourth-order valence-corrected chi connectivity index (χ4v) is 3.89. The smallest absolute Gasteiger partial charge is 0.251 e. The van der Waals surface area contributed by atoms with Crippen LogP contribution in [0.3, 0.4) is 0 Å². The summed E-state index contributed by atoms with van der Waals surface area (Å²) in [6.45, 7) is 9.66. The van der Waals surface area contributed by atoms with Crippen molar-refractivity contribution in [3.8, 4) is 17.2 Å². The number of nitrogens with zero attached hydrogens (tertiary/aromatic N) is 1. The van der Waals surface area contributed by atoms with Gasteiger partial charge in [-0.1, -0.05) is 13.8 Å². The van der Waals surface area contributed by atoms with Crippen LogP contribution >= 0.6 is 0 Å². The maximum atomic E-state index is 12.7. The Balaban J connectivity index is 2.04. The van der Waals surface area contributed by atoms with Crippen molar-refractivity contribution >= 4 is 5.91 Å². The van der Waals surface area contributed by atoms with Gasteiger partial charge in [-0.05, 0) is 37.3 Å². The Kier molecular flexibility index (Phi) is 7.14. The van der Waals surface area contributed by atoms with Crippen LogP contribution in [0.25, 0.3) is 0 Å². The van der Waals surface area contributed by atoms with E-state index in [1.807, 2.05) is 6.92 Å². The highest BCUT2D eigenvalue weighted by atomic mass is 16.5. The number of ether oxygens (including phenoxy) is 3. The molecule has 2 rings (SSSR count). The number of benzene rings is 1. The number of nitrogens with one attached hydrogen (secondary N) is 1. The second-order valence-electron chi connectivity index (χ2n) is 7.45. The molecule has 6 heteroatoms. The number of carbonyl (C=O) groups excluding carboxylic acids is 1. The van der Waals surface area contributed by atoms with Gasteiger partial charge in [0.25, 0.3) is 5.91 Å². The van der Waals surface area contributed by atoms with E-state index in [9.17, 15) is 4.79 Å². The van der Waals surface area contributed by atoms with Gasteiger partial charge in [0.05, 0.1) is 21.3 Å². The molecule has 1 saturated heterocycles. The van der Waals surface area contributed by atoms with Gasteiger partial charge >= 0.3 is 0 Å². The van der Waals surface area contributed by atoms with Gasteiger partial charge in [0, 0.05) is 31.2 Å². The van der Waals surface area contributed by atoms with E-state index in [1.165, 1.54) is 6.42 Å². The molecule has 1 aromatic carbocycles. The molecule has 6 nitrogen and oxygen atoms in total. The summed E-state index contributed by atoms with van der Waals surface area (Å²) in [7, 11) is 4.63. The number of rotatable bonds is 7. The third-order valence-electron chi connectivity index (χ3n) is 4.78. The summed E-state index contributed by atoms with van der Waals surface area (Å²) in [5.41, 5.74) is 0.492. The zero-order valence-corrected chi connectivity index (χ0v) is 16.8. The van der Waals surface area contributed by atoms with Crippen LogP contribution in [0.1, 0.15) is 37.6 Å². The van der Waals surface area contributed by atoms with Gasteiger partial charge in [-0.15, -0.1) is 0 Å². The molecule has 1 amide bonds. The average Bonchev–Trinajstić information content (AvgIpc) is 2.59. The van der Waals surface area contributed by atoms with E-state index in [0.717, 1.165) is 19.6 Å². The van der Waals surface area contributed by atoms with Gasteiger partial charge in [0.15, 0.2) is 11.5 Å². The summed E-state index contributed by atoms with van der Waals surface area (Å²) in [4.78, 5) is 15.1. The molecular weight excluding hydrogens is 332 g/mol. The number of methoxy groups -OCH3 is 3. The maximum Gasteiger partial charge on any atom is 0.251 e. The third kappa shape index (κ3) is 5.04. The van der Waals surface area contributed by atoms with Crippen LogP contribution in [0.2, 0.25) is 0 Å². The van der Waals surface area contributed by atoms with Crippen LogP contribution in [0.5, 0.6) is 17.2 Å². The van der Waals surface area contributed by atoms with E-state index in [2.05, 4.69) is 24.1 Å². The highest BCUT2D eigenvalue weighted by molar-refractivity contribution is 5.95. The molecule has 0 radical (unpaired) electrons. The van der Waals surface area contributed by atoms with Crippen molar-refractivity contribution in [3.05, 3.63) is 17.7 Å². The first-order valence-corrected chi connectivity index (χ1v) is 9.21. The first kappa shape index (κ1) is 20.4. The highest BCUT2D eigenvalue weighted by Crippen LogP contribution is 2.38. The minimum absolute atomic E-state index is 0.0547. The molecule has 1 N–H and O–H groups in total.